The third-order valence-corrected chi connectivity index (χ3v) is 3.75. The Hall–Kier alpha value is -0.860. The first kappa shape index (κ1) is 9.37. The Labute approximate surface area is 91.3 Å². The van der Waals surface area contributed by atoms with Crippen molar-refractivity contribution in [3.05, 3.63) is 35.9 Å². The monoisotopic (exact) mass is 202 g/mol. The number of hydrogen-bond donors (Lipinski definition) is 1. The quantitative estimate of drug-likeness (QED) is 0.741. The summed E-state index contributed by atoms with van der Waals surface area (Å²) in [5, 5.41) is 3.49. The van der Waals surface area contributed by atoms with Crippen LogP contribution in [-0.2, 0) is 0 Å². The van der Waals surface area contributed by atoms with E-state index in [9.17, 15) is 0 Å². The number of hydrogen-bond acceptors (Lipinski definition) is 2. The Balaban J connectivity index is 1.75. The Morgan fingerprint density at radius 3 is 2.87 bits per heavy atom. The lowest BCUT2D eigenvalue weighted by atomic mass is 9.96. The highest BCUT2D eigenvalue weighted by Crippen LogP contribution is 2.31. The molecule has 2 aliphatic rings. The van der Waals surface area contributed by atoms with Crippen LogP contribution in [0.2, 0.25) is 0 Å². The molecule has 2 fully saturated rings. The van der Waals surface area contributed by atoms with Gasteiger partial charge >= 0.3 is 0 Å². The highest BCUT2D eigenvalue weighted by atomic mass is 15.2. The summed E-state index contributed by atoms with van der Waals surface area (Å²) >= 11 is 0. The fraction of sp³-hybridized carbons (Fsp3) is 0.538. The molecule has 2 heterocycles. The van der Waals surface area contributed by atoms with E-state index in [4.69, 9.17) is 0 Å². The molecule has 1 aromatic rings. The lowest BCUT2D eigenvalue weighted by molar-refractivity contribution is 0.211. The molecule has 2 atom stereocenters. The molecular formula is C13H18N2. The summed E-state index contributed by atoms with van der Waals surface area (Å²) < 4.78 is 0. The second-order valence-electron chi connectivity index (χ2n) is 4.70. The molecule has 2 aliphatic heterocycles. The van der Waals surface area contributed by atoms with Crippen LogP contribution in [-0.4, -0.2) is 37.1 Å². The van der Waals surface area contributed by atoms with Crippen molar-refractivity contribution in [3.63, 3.8) is 0 Å². The molecule has 3 rings (SSSR count). The van der Waals surface area contributed by atoms with E-state index in [-0.39, 0.29) is 0 Å². The largest absolute Gasteiger partial charge is 0.314 e. The Morgan fingerprint density at radius 2 is 2.07 bits per heavy atom. The van der Waals surface area contributed by atoms with Gasteiger partial charge in [0.1, 0.15) is 0 Å². The smallest absolute Gasteiger partial charge is 0.0227 e. The minimum Gasteiger partial charge on any atom is -0.314 e. The van der Waals surface area contributed by atoms with E-state index >= 15 is 0 Å². The maximum absolute atomic E-state index is 3.49. The molecule has 2 saturated heterocycles. The topological polar surface area (TPSA) is 15.3 Å². The van der Waals surface area contributed by atoms with E-state index < -0.39 is 0 Å². The molecule has 0 spiro atoms. The number of piperazine rings is 1. The van der Waals surface area contributed by atoms with Crippen LogP contribution in [0.25, 0.3) is 0 Å². The standard InChI is InChI=1S/C13H18N2/c1-2-4-11(5-3-1)12-8-13-9-14-6-7-15(13)10-12/h1-5,12-14H,6-10H2. The second-order valence-corrected chi connectivity index (χ2v) is 4.70. The van der Waals surface area contributed by atoms with Gasteiger partial charge in [-0.15, -0.1) is 0 Å². The van der Waals surface area contributed by atoms with Crippen molar-refractivity contribution in [1.82, 2.24) is 10.2 Å². The molecule has 1 N–H and O–H groups in total. The van der Waals surface area contributed by atoms with E-state index in [1.54, 1.807) is 0 Å². The third kappa shape index (κ3) is 1.80. The minimum absolute atomic E-state index is 0.760. The molecule has 15 heavy (non-hydrogen) atoms. The maximum atomic E-state index is 3.49. The number of nitrogens with zero attached hydrogens (tertiary/aromatic N) is 1. The van der Waals surface area contributed by atoms with Gasteiger partial charge < -0.3 is 5.32 Å². The second kappa shape index (κ2) is 3.95. The first-order chi connectivity index (χ1) is 7.43. The van der Waals surface area contributed by atoms with Crippen LogP contribution in [0.4, 0.5) is 0 Å². The van der Waals surface area contributed by atoms with Crippen LogP contribution in [0.15, 0.2) is 30.3 Å². The number of rotatable bonds is 1. The molecule has 0 bridgehead atoms. The highest BCUT2D eigenvalue weighted by molar-refractivity contribution is 5.22. The molecular weight excluding hydrogens is 184 g/mol. The number of fused-ring (bicyclic) bond motifs is 1. The van der Waals surface area contributed by atoms with Gasteiger partial charge in [-0.3, -0.25) is 4.90 Å². The summed E-state index contributed by atoms with van der Waals surface area (Å²) in [6.45, 7) is 4.84. The van der Waals surface area contributed by atoms with E-state index in [1.165, 1.54) is 31.6 Å². The van der Waals surface area contributed by atoms with E-state index in [1.807, 2.05) is 0 Å². The lowest BCUT2D eigenvalue weighted by Gasteiger charge is -2.29. The molecule has 80 valence electrons. The fourth-order valence-corrected chi connectivity index (χ4v) is 2.93. The van der Waals surface area contributed by atoms with Crippen LogP contribution in [0.3, 0.4) is 0 Å². The number of benzene rings is 1. The molecule has 2 unspecified atom stereocenters. The first-order valence-corrected chi connectivity index (χ1v) is 5.93. The summed E-state index contributed by atoms with van der Waals surface area (Å²) in [7, 11) is 0. The zero-order valence-electron chi connectivity index (χ0n) is 9.02. The van der Waals surface area contributed by atoms with E-state index in [0.29, 0.717) is 0 Å². The van der Waals surface area contributed by atoms with Crippen molar-refractivity contribution < 1.29 is 0 Å². The van der Waals surface area contributed by atoms with Gasteiger partial charge in [-0.1, -0.05) is 30.3 Å². The summed E-state index contributed by atoms with van der Waals surface area (Å²) in [6, 6.07) is 11.7. The average molecular weight is 202 g/mol. The van der Waals surface area contributed by atoms with E-state index in [2.05, 4.69) is 40.5 Å². The van der Waals surface area contributed by atoms with Gasteiger partial charge in [0.15, 0.2) is 0 Å². The van der Waals surface area contributed by atoms with Gasteiger partial charge in [-0.25, -0.2) is 0 Å². The lowest BCUT2D eigenvalue weighted by Crippen LogP contribution is -2.47. The van der Waals surface area contributed by atoms with Gasteiger partial charge in [0.25, 0.3) is 0 Å². The van der Waals surface area contributed by atoms with E-state index in [0.717, 1.165) is 18.5 Å². The number of nitrogens with one attached hydrogen (secondary N) is 1. The van der Waals surface area contributed by atoms with Gasteiger partial charge in [-0.05, 0) is 17.9 Å². The van der Waals surface area contributed by atoms with Crippen molar-refractivity contribution in [2.75, 3.05) is 26.2 Å². The molecule has 2 heteroatoms. The average Bonchev–Trinajstić information content (AvgIpc) is 2.74. The SMILES string of the molecule is c1ccc(C2CC3CNCCN3C2)cc1. The normalized spacial score (nSPS) is 31.5. The van der Waals surface area contributed by atoms with Crippen molar-refractivity contribution >= 4 is 0 Å². The highest BCUT2D eigenvalue weighted by Gasteiger charge is 2.33. The van der Waals surface area contributed by atoms with Gasteiger partial charge in [0, 0.05) is 32.2 Å². The zero-order chi connectivity index (χ0) is 10.1. The van der Waals surface area contributed by atoms with Crippen LogP contribution in [0.5, 0.6) is 0 Å². The van der Waals surface area contributed by atoms with Crippen LogP contribution >= 0.6 is 0 Å². The molecule has 0 aliphatic carbocycles. The van der Waals surface area contributed by atoms with Gasteiger partial charge in [0.05, 0.1) is 0 Å². The molecule has 0 radical (unpaired) electrons. The molecule has 2 nitrogen and oxygen atoms in total. The van der Waals surface area contributed by atoms with Crippen molar-refractivity contribution in [2.45, 2.75) is 18.4 Å². The van der Waals surface area contributed by atoms with Gasteiger partial charge in [0.2, 0.25) is 0 Å². The first-order valence-electron chi connectivity index (χ1n) is 5.93. The molecule has 1 aromatic carbocycles. The van der Waals surface area contributed by atoms with Crippen molar-refractivity contribution in [2.24, 2.45) is 0 Å². The van der Waals surface area contributed by atoms with Crippen LogP contribution < -0.4 is 5.32 Å². The van der Waals surface area contributed by atoms with Crippen LogP contribution in [0.1, 0.15) is 17.9 Å². The molecule has 0 amide bonds. The zero-order valence-corrected chi connectivity index (χ0v) is 9.02. The fourth-order valence-electron chi connectivity index (χ4n) is 2.93. The minimum atomic E-state index is 0.760. The summed E-state index contributed by atoms with van der Waals surface area (Å²) in [5.41, 5.74) is 1.52. The molecule has 0 aromatic heterocycles. The summed E-state index contributed by atoms with van der Waals surface area (Å²) in [5.74, 6) is 0.760. The van der Waals surface area contributed by atoms with Crippen molar-refractivity contribution in [3.8, 4) is 0 Å². The summed E-state index contributed by atoms with van der Waals surface area (Å²) in [6.07, 6.45) is 1.33. The third-order valence-electron chi connectivity index (χ3n) is 3.75. The predicted octanol–water partition coefficient (Wildman–Crippen LogP) is 1.45. The predicted molar refractivity (Wildman–Crippen MR) is 62.0 cm³/mol. The Kier molecular flexibility index (Phi) is 2.47. The van der Waals surface area contributed by atoms with Crippen LogP contribution in [0, 0.1) is 0 Å². The maximum Gasteiger partial charge on any atom is 0.0227 e. The van der Waals surface area contributed by atoms with Crippen molar-refractivity contribution in [1.29, 1.82) is 0 Å². The van der Waals surface area contributed by atoms with Gasteiger partial charge in [-0.2, -0.15) is 0 Å². The Morgan fingerprint density at radius 1 is 1.20 bits per heavy atom. The summed E-state index contributed by atoms with van der Waals surface area (Å²) in [4.78, 5) is 2.65. The Bertz CT molecular complexity index is 309. The molecule has 0 saturated carbocycles.